The van der Waals surface area contributed by atoms with Gasteiger partial charge in [0.1, 0.15) is 6.61 Å². The summed E-state index contributed by atoms with van der Waals surface area (Å²) in [5.41, 5.74) is 0. The molecule has 1 fully saturated rings. The van der Waals surface area contributed by atoms with Gasteiger partial charge in [-0.3, -0.25) is 0 Å². The molecule has 2 unspecified atom stereocenters. The lowest BCUT2D eigenvalue weighted by Gasteiger charge is -2.16. The second-order valence-electron chi connectivity index (χ2n) is 3.18. The average molecular weight is 250 g/mol. The van der Waals surface area contributed by atoms with Crippen LogP contribution in [0.5, 0.6) is 0 Å². The van der Waals surface area contributed by atoms with Crippen LogP contribution in [-0.2, 0) is 13.6 Å². The first kappa shape index (κ1) is 13.1. The summed E-state index contributed by atoms with van der Waals surface area (Å²) in [5.74, 6) is -4.16. The Morgan fingerprint density at radius 3 is 2.13 bits per heavy atom. The summed E-state index contributed by atoms with van der Waals surface area (Å²) < 4.78 is 62.7. The topological polar surface area (TPSA) is 27.7 Å². The summed E-state index contributed by atoms with van der Waals surface area (Å²) in [5, 5.41) is 0. The molecule has 0 bridgehead atoms. The predicted molar refractivity (Wildman–Crippen MR) is 44.9 cm³/mol. The second-order valence-corrected chi connectivity index (χ2v) is 4.31. The fourth-order valence-corrected chi connectivity index (χ4v) is 2.07. The number of alkyl halides is 4. The largest absolute Gasteiger partial charge is 0.333 e. The van der Waals surface area contributed by atoms with Gasteiger partial charge in [-0.05, 0) is 13.8 Å². The van der Waals surface area contributed by atoms with Crippen molar-refractivity contribution in [3.63, 3.8) is 0 Å². The standard InChI is InChI=1S/C7H11F4O3P/c1-4-5(2)14-15(13-4)12-3-7(10,11)6(8)9/h4-6H,3H2,1-2H3. The number of halogens is 4. The maximum Gasteiger partial charge on any atom is 0.333 e. The minimum atomic E-state index is -4.16. The third kappa shape index (κ3) is 3.52. The molecule has 15 heavy (non-hydrogen) atoms. The summed E-state index contributed by atoms with van der Waals surface area (Å²) in [6.45, 7) is 1.97. The van der Waals surface area contributed by atoms with Gasteiger partial charge in [-0.1, -0.05) is 0 Å². The molecule has 2 atom stereocenters. The highest BCUT2D eigenvalue weighted by Crippen LogP contribution is 2.50. The summed E-state index contributed by atoms with van der Waals surface area (Å²) >= 11 is 0. The molecule has 0 spiro atoms. The summed E-state index contributed by atoms with van der Waals surface area (Å²) in [6, 6.07) is 0. The first-order valence-electron chi connectivity index (χ1n) is 4.25. The first-order chi connectivity index (χ1) is 6.83. The van der Waals surface area contributed by atoms with Gasteiger partial charge in [0.15, 0.2) is 0 Å². The Kier molecular flexibility index (Phi) is 4.29. The zero-order valence-corrected chi connectivity index (χ0v) is 9.02. The van der Waals surface area contributed by atoms with Crippen molar-refractivity contribution in [2.75, 3.05) is 6.61 Å². The van der Waals surface area contributed by atoms with E-state index in [4.69, 9.17) is 9.05 Å². The third-order valence-electron chi connectivity index (χ3n) is 1.85. The molecule has 1 saturated heterocycles. The van der Waals surface area contributed by atoms with Gasteiger partial charge in [0, 0.05) is 0 Å². The second kappa shape index (κ2) is 4.91. The van der Waals surface area contributed by atoms with Crippen molar-refractivity contribution in [1.29, 1.82) is 0 Å². The molecule has 0 amide bonds. The molecule has 1 aliphatic heterocycles. The average Bonchev–Trinajstić information content (AvgIpc) is 2.43. The Bertz CT molecular complexity index is 206. The molecule has 90 valence electrons. The minimum Gasteiger partial charge on any atom is -0.306 e. The van der Waals surface area contributed by atoms with E-state index < -0.39 is 27.6 Å². The van der Waals surface area contributed by atoms with Gasteiger partial charge in [-0.2, -0.15) is 8.78 Å². The summed E-state index contributed by atoms with van der Waals surface area (Å²) in [4.78, 5) is 0. The minimum absolute atomic E-state index is 0.281. The van der Waals surface area contributed by atoms with Crippen molar-refractivity contribution >= 4 is 8.60 Å². The van der Waals surface area contributed by atoms with E-state index in [0.29, 0.717) is 0 Å². The van der Waals surface area contributed by atoms with Crippen LogP contribution in [0.3, 0.4) is 0 Å². The van der Waals surface area contributed by atoms with E-state index in [1.165, 1.54) is 0 Å². The zero-order valence-electron chi connectivity index (χ0n) is 8.12. The molecule has 1 heterocycles. The van der Waals surface area contributed by atoms with Crippen molar-refractivity contribution in [2.24, 2.45) is 0 Å². The molecule has 1 rings (SSSR count). The molecule has 0 aliphatic carbocycles. The van der Waals surface area contributed by atoms with E-state index in [-0.39, 0.29) is 12.2 Å². The van der Waals surface area contributed by atoms with Crippen LogP contribution < -0.4 is 0 Å². The van der Waals surface area contributed by atoms with Crippen molar-refractivity contribution < 1.29 is 31.1 Å². The lowest BCUT2D eigenvalue weighted by molar-refractivity contribution is -0.149. The van der Waals surface area contributed by atoms with E-state index in [1.807, 2.05) is 0 Å². The van der Waals surface area contributed by atoms with Crippen LogP contribution in [0.25, 0.3) is 0 Å². The van der Waals surface area contributed by atoms with E-state index in [9.17, 15) is 17.6 Å². The van der Waals surface area contributed by atoms with Crippen LogP contribution in [0.1, 0.15) is 13.8 Å². The van der Waals surface area contributed by atoms with E-state index in [2.05, 4.69) is 4.52 Å². The van der Waals surface area contributed by atoms with Crippen LogP contribution in [-0.4, -0.2) is 31.2 Å². The molecule has 0 saturated carbocycles. The predicted octanol–water partition coefficient (Wildman–Crippen LogP) is 2.95. The quantitative estimate of drug-likeness (QED) is 0.567. The van der Waals surface area contributed by atoms with Crippen LogP contribution in [0.2, 0.25) is 0 Å². The van der Waals surface area contributed by atoms with Crippen molar-refractivity contribution in [1.82, 2.24) is 0 Å². The lowest BCUT2D eigenvalue weighted by atomic mass is 10.3. The van der Waals surface area contributed by atoms with Crippen molar-refractivity contribution in [2.45, 2.75) is 38.4 Å². The number of rotatable bonds is 4. The van der Waals surface area contributed by atoms with Gasteiger partial charge in [0.05, 0.1) is 12.2 Å². The SMILES string of the molecule is CC1OP(OCC(F)(F)C(F)F)OC1C. The van der Waals surface area contributed by atoms with E-state index in [0.717, 1.165) is 0 Å². The highest BCUT2D eigenvalue weighted by atomic mass is 31.2. The molecule has 8 heteroatoms. The fourth-order valence-electron chi connectivity index (χ4n) is 0.730. The van der Waals surface area contributed by atoms with Crippen LogP contribution in [0.4, 0.5) is 17.6 Å². The fraction of sp³-hybridized carbons (Fsp3) is 1.00. The van der Waals surface area contributed by atoms with E-state index in [1.54, 1.807) is 13.8 Å². The van der Waals surface area contributed by atoms with E-state index >= 15 is 0 Å². The molecule has 0 aromatic carbocycles. The smallest absolute Gasteiger partial charge is 0.306 e. The molecular formula is C7H11F4O3P. The summed E-state index contributed by atoms with van der Waals surface area (Å²) in [6.07, 6.45) is -4.31. The van der Waals surface area contributed by atoms with Gasteiger partial charge < -0.3 is 13.6 Å². The Morgan fingerprint density at radius 1 is 1.27 bits per heavy atom. The molecule has 0 aromatic heterocycles. The Labute approximate surface area is 85.7 Å². The lowest BCUT2D eigenvalue weighted by Crippen LogP contribution is -2.31. The van der Waals surface area contributed by atoms with Gasteiger partial charge in [0.2, 0.25) is 0 Å². The van der Waals surface area contributed by atoms with Crippen LogP contribution in [0.15, 0.2) is 0 Å². The molecular weight excluding hydrogens is 239 g/mol. The monoisotopic (exact) mass is 250 g/mol. The maximum atomic E-state index is 12.4. The van der Waals surface area contributed by atoms with Crippen molar-refractivity contribution in [3.8, 4) is 0 Å². The number of hydrogen-bond donors (Lipinski definition) is 0. The molecule has 3 nitrogen and oxygen atoms in total. The molecule has 0 N–H and O–H groups in total. The van der Waals surface area contributed by atoms with Crippen molar-refractivity contribution in [3.05, 3.63) is 0 Å². The van der Waals surface area contributed by atoms with Gasteiger partial charge in [0.25, 0.3) is 0 Å². The Hall–Kier alpha value is 0.0300. The van der Waals surface area contributed by atoms with Crippen LogP contribution >= 0.6 is 8.60 Å². The molecule has 1 aliphatic rings. The molecule has 0 aromatic rings. The Balaban J connectivity index is 2.32. The normalized spacial score (nSPS) is 32.6. The Morgan fingerprint density at radius 2 is 1.73 bits per heavy atom. The summed E-state index contributed by atoms with van der Waals surface area (Å²) in [7, 11) is -1.93. The van der Waals surface area contributed by atoms with Gasteiger partial charge in [-0.25, -0.2) is 8.78 Å². The highest BCUT2D eigenvalue weighted by Gasteiger charge is 2.43. The van der Waals surface area contributed by atoms with Gasteiger partial charge in [-0.15, -0.1) is 0 Å². The molecule has 0 radical (unpaired) electrons. The van der Waals surface area contributed by atoms with Crippen LogP contribution in [0, 0.1) is 0 Å². The maximum absolute atomic E-state index is 12.4. The third-order valence-corrected chi connectivity index (χ3v) is 3.20. The first-order valence-corrected chi connectivity index (χ1v) is 5.35. The zero-order chi connectivity index (χ0) is 11.6. The highest BCUT2D eigenvalue weighted by molar-refractivity contribution is 7.42. The number of hydrogen-bond acceptors (Lipinski definition) is 3. The van der Waals surface area contributed by atoms with Gasteiger partial charge >= 0.3 is 21.0 Å².